The average molecular weight is 531 g/mol. The standard InChI is InChI=1S/C31H34N2O6/c1-6-39-25-12-11-18(15-27(25)36-3)19-13-23-30(24(34)14-19)31(33-22-10-8-7-9-21(22)32-23)20-16-28(37-4)29(38-5)17-26(20)35-2/h7-12,15-17,19,31-33H,6,13-14H2,1-5H3/t19-,31+/m0/s1. The Bertz CT molecular complexity index is 1420. The lowest BCUT2D eigenvalue weighted by molar-refractivity contribution is -0.116. The second-order valence-corrected chi connectivity index (χ2v) is 9.46. The van der Waals surface area contributed by atoms with Crippen LogP contribution in [0, 0.1) is 0 Å². The molecule has 1 aliphatic heterocycles. The molecule has 0 amide bonds. The SMILES string of the molecule is CCOc1ccc([C@@H]2CC(=O)C3=C(C2)Nc2ccccc2N[C@@H]3c2cc(OC)c(OC)cc2OC)cc1OC. The topological polar surface area (TPSA) is 87.3 Å². The van der Waals surface area contributed by atoms with E-state index >= 15 is 0 Å². The highest BCUT2D eigenvalue weighted by atomic mass is 16.5. The van der Waals surface area contributed by atoms with Crippen LogP contribution in [-0.4, -0.2) is 40.8 Å². The van der Waals surface area contributed by atoms with E-state index in [1.54, 1.807) is 34.5 Å². The van der Waals surface area contributed by atoms with Crippen LogP contribution >= 0.6 is 0 Å². The van der Waals surface area contributed by atoms with E-state index in [4.69, 9.17) is 23.7 Å². The third-order valence-electron chi connectivity index (χ3n) is 7.31. The fourth-order valence-electron chi connectivity index (χ4n) is 5.45. The summed E-state index contributed by atoms with van der Waals surface area (Å²) >= 11 is 0. The molecule has 0 unspecified atom stereocenters. The van der Waals surface area contributed by atoms with Gasteiger partial charge >= 0.3 is 0 Å². The molecule has 0 aromatic heterocycles. The number of fused-ring (bicyclic) bond motifs is 1. The van der Waals surface area contributed by atoms with Crippen LogP contribution in [0.15, 0.2) is 65.9 Å². The Morgan fingerprint density at radius 1 is 0.769 bits per heavy atom. The largest absolute Gasteiger partial charge is 0.496 e. The van der Waals surface area contributed by atoms with Gasteiger partial charge < -0.3 is 34.3 Å². The van der Waals surface area contributed by atoms with Crippen molar-refractivity contribution < 1.29 is 28.5 Å². The number of nitrogens with one attached hydrogen (secondary N) is 2. The van der Waals surface area contributed by atoms with E-state index in [-0.39, 0.29) is 11.7 Å². The lowest BCUT2D eigenvalue weighted by Gasteiger charge is -2.31. The normalized spacial score (nSPS) is 18.1. The van der Waals surface area contributed by atoms with Gasteiger partial charge in [0.25, 0.3) is 0 Å². The summed E-state index contributed by atoms with van der Waals surface area (Å²) < 4.78 is 28.2. The minimum atomic E-state index is -0.464. The molecule has 0 spiro atoms. The Hall–Kier alpha value is -4.33. The summed E-state index contributed by atoms with van der Waals surface area (Å²) in [6.07, 6.45) is 1.02. The first-order valence-electron chi connectivity index (χ1n) is 13.0. The molecular weight excluding hydrogens is 496 g/mol. The Morgan fingerprint density at radius 3 is 2.13 bits per heavy atom. The van der Waals surface area contributed by atoms with E-state index in [1.165, 1.54) is 0 Å². The number of ketones is 1. The zero-order valence-corrected chi connectivity index (χ0v) is 22.9. The van der Waals surface area contributed by atoms with Gasteiger partial charge in [0.15, 0.2) is 28.8 Å². The van der Waals surface area contributed by atoms with Gasteiger partial charge in [0.05, 0.1) is 52.5 Å². The first-order valence-corrected chi connectivity index (χ1v) is 13.0. The predicted octanol–water partition coefficient (Wildman–Crippen LogP) is 6.10. The molecule has 1 aliphatic carbocycles. The average Bonchev–Trinajstić information content (AvgIpc) is 3.13. The van der Waals surface area contributed by atoms with Crippen molar-refractivity contribution in [1.29, 1.82) is 0 Å². The first-order chi connectivity index (χ1) is 19.0. The third kappa shape index (κ3) is 4.94. The Morgan fingerprint density at radius 2 is 1.44 bits per heavy atom. The molecule has 0 radical (unpaired) electrons. The van der Waals surface area contributed by atoms with Crippen LogP contribution in [0.3, 0.4) is 0 Å². The summed E-state index contributed by atoms with van der Waals surface area (Å²) in [4.78, 5) is 14.0. The maximum Gasteiger partial charge on any atom is 0.164 e. The van der Waals surface area contributed by atoms with Crippen molar-refractivity contribution in [1.82, 2.24) is 0 Å². The van der Waals surface area contributed by atoms with Crippen molar-refractivity contribution in [2.24, 2.45) is 0 Å². The van der Waals surface area contributed by atoms with E-state index in [1.807, 2.05) is 55.5 Å². The van der Waals surface area contributed by atoms with E-state index in [0.29, 0.717) is 53.8 Å². The van der Waals surface area contributed by atoms with Crippen LogP contribution < -0.4 is 34.3 Å². The number of allylic oxidation sites excluding steroid dienone is 1. The zero-order chi connectivity index (χ0) is 27.5. The Labute approximate surface area is 228 Å². The van der Waals surface area contributed by atoms with Crippen molar-refractivity contribution >= 4 is 17.2 Å². The van der Waals surface area contributed by atoms with Gasteiger partial charge in [-0.1, -0.05) is 18.2 Å². The van der Waals surface area contributed by atoms with Crippen LogP contribution in [0.2, 0.25) is 0 Å². The van der Waals surface area contributed by atoms with Crippen molar-refractivity contribution in [3.05, 3.63) is 77.0 Å². The van der Waals surface area contributed by atoms with Gasteiger partial charge in [-0.15, -0.1) is 0 Å². The summed E-state index contributed by atoms with van der Waals surface area (Å²) in [7, 11) is 6.42. The van der Waals surface area contributed by atoms with Gasteiger partial charge in [0, 0.05) is 29.3 Å². The molecule has 3 aromatic rings. The maximum atomic E-state index is 14.0. The summed E-state index contributed by atoms with van der Waals surface area (Å²) in [5, 5.41) is 7.19. The van der Waals surface area contributed by atoms with Crippen LogP contribution in [0.1, 0.15) is 42.9 Å². The summed E-state index contributed by atoms with van der Waals surface area (Å²) in [5.74, 6) is 3.11. The molecule has 3 aromatic carbocycles. The summed E-state index contributed by atoms with van der Waals surface area (Å²) in [6, 6.07) is 17.1. The molecule has 39 heavy (non-hydrogen) atoms. The van der Waals surface area contributed by atoms with E-state index in [0.717, 1.165) is 28.2 Å². The Balaban J connectivity index is 1.62. The molecule has 2 atom stereocenters. The molecule has 2 N–H and O–H groups in total. The molecule has 5 rings (SSSR count). The second-order valence-electron chi connectivity index (χ2n) is 9.46. The molecule has 204 valence electrons. The number of anilines is 2. The number of carbonyl (C=O) groups excluding carboxylic acids is 1. The minimum absolute atomic E-state index is 0.0217. The number of methoxy groups -OCH3 is 4. The predicted molar refractivity (Wildman–Crippen MR) is 151 cm³/mol. The van der Waals surface area contributed by atoms with E-state index in [9.17, 15) is 4.79 Å². The zero-order valence-electron chi connectivity index (χ0n) is 22.9. The second kappa shape index (κ2) is 11.2. The third-order valence-corrected chi connectivity index (χ3v) is 7.31. The lowest BCUT2D eigenvalue weighted by Crippen LogP contribution is -2.27. The van der Waals surface area contributed by atoms with Crippen LogP contribution in [-0.2, 0) is 4.79 Å². The highest BCUT2D eigenvalue weighted by Crippen LogP contribution is 2.48. The summed E-state index contributed by atoms with van der Waals surface area (Å²) in [6.45, 7) is 2.49. The van der Waals surface area contributed by atoms with Crippen LogP contribution in [0.5, 0.6) is 28.7 Å². The van der Waals surface area contributed by atoms with Gasteiger partial charge in [-0.2, -0.15) is 0 Å². The number of rotatable bonds is 8. The molecule has 0 fully saturated rings. The number of ether oxygens (including phenoxy) is 5. The highest BCUT2D eigenvalue weighted by molar-refractivity contribution is 6.01. The van der Waals surface area contributed by atoms with Crippen molar-refractivity contribution in [3.63, 3.8) is 0 Å². The number of carbonyl (C=O) groups is 1. The summed E-state index contributed by atoms with van der Waals surface area (Å²) in [5.41, 5.74) is 5.18. The molecule has 1 heterocycles. The quantitative estimate of drug-likeness (QED) is 0.361. The Kier molecular flexibility index (Phi) is 7.54. The number of Topliss-reactive ketones (excluding diaryl/α,β-unsaturated/α-hetero) is 1. The number of hydrogen-bond donors (Lipinski definition) is 2. The van der Waals surface area contributed by atoms with Gasteiger partial charge in [-0.3, -0.25) is 4.79 Å². The lowest BCUT2D eigenvalue weighted by atomic mass is 9.78. The molecular formula is C31H34N2O6. The molecule has 0 saturated carbocycles. The van der Waals surface area contributed by atoms with E-state index < -0.39 is 6.04 Å². The monoisotopic (exact) mass is 530 g/mol. The van der Waals surface area contributed by atoms with Gasteiger partial charge in [-0.05, 0) is 55.2 Å². The van der Waals surface area contributed by atoms with Crippen molar-refractivity contribution in [3.8, 4) is 28.7 Å². The number of benzene rings is 3. The smallest absolute Gasteiger partial charge is 0.164 e. The first kappa shape index (κ1) is 26.3. The number of hydrogen-bond acceptors (Lipinski definition) is 8. The van der Waals surface area contributed by atoms with Gasteiger partial charge in [-0.25, -0.2) is 0 Å². The maximum absolute atomic E-state index is 14.0. The van der Waals surface area contributed by atoms with Crippen LogP contribution in [0.4, 0.5) is 11.4 Å². The van der Waals surface area contributed by atoms with Crippen LogP contribution in [0.25, 0.3) is 0 Å². The molecule has 0 bridgehead atoms. The van der Waals surface area contributed by atoms with Crippen molar-refractivity contribution in [2.45, 2.75) is 31.7 Å². The fourth-order valence-corrected chi connectivity index (χ4v) is 5.45. The minimum Gasteiger partial charge on any atom is -0.496 e. The fraction of sp³-hybridized carbons (Fsp3) is 0.323. The van der Waals surface area contributed by atoms with Gasteiger partial charge in [0.2, 0.25) is 0 Å². The molecule has 2 aliphatic rings. The van der Waals surface area contributed by atoms with Crippen molar-refractivity contribution in [2.75, 3.05) is 45.7 Å². The number of para-hydroxylation sites is 2. The molecule has 0 saturated heterocycles. The highest BCUT2D eigenvalue weighted by Gasteiger charge is 2.37. The molecule has 8 heteroatoms. The van der Waals surface area contributed by atoms with E-state index in [2.05, 4.69) is 10.6 Å². The van der Waals surface area contributed by atoms with Gasteiger partial charge in [0.1, 0.15) is 5.75 Å². The molecule has 8 nitrogen and oxygen atoms in total.